The number of carbonyl (C=O) groups is 2. The van der Waals surface area contributed by atoms with Gasteiger partial charge in [-0.3, -0.25) is 9.59 Å². The van der Waals surface area contributed by atoms with Crippen LogP contribution in [0.4, 0.5) is 5.69 Å². The maximum absolute atomic E-state index is 12.4. The second-order valence-corrected chi connectivity index (χ2v) is 5.77. The lowest BCUT2D eigenvalue weighted by atomic mass is 9.94. The molecule has 0 aliphatic heterocycles. The molecule has 1 aliphatic rings. The van der Waals surface area contributed by atoms with E-state index in [0.29, 0.717) is 11.6 Å². The number of likely N-dealkylation sites (N-methyl/N-ethyl adjacent to an activating group) is 1. The molecule has 1 fully saturated rings. The first-order valence-corrected chi connectivity index (χ1v) is 8.05. The number of nitrogens with zero attached hydrogens (tertiary/aromatic N) is 1. The molecule has 1 aromatic rings. The molecule has 0 saturated heterocycles. The van der Waals surface area contributed by atoms with Gasteiger partial charge in [-0.2, -0.15) is 0 Å². The largest absolute Gasteiger partial charge is 0.376 e. The van der Waals surface area contributed by atoms with E-state index in [1.807, 2.05) is 11.8 Å². The van der Waals surface area contributed by atoms with Crippen molar-refractivity contribution in [2.45, 2.75) is 45.1 Å². The molecular weight excluding hydrogens is 278 g/mol. The first kappa shape index (κ1) is 16.3. The van der Waals surface area contributed by atoms with Crippen molar-refractivity contribution < 1.29 is 9.59 Å². The van der Waals surface area contributed by atoms with Crippen molar-refractivity contribution in [1.29, 1.82) is 0 Å². The lowest BCUT2D eigenvalue weighted by Crippen LogP contribution is -2.43. The Kier molecular flexibility index (Phi) is 5.81. The molecular formula is C17H25N3O2. The summed E-state index contributed by atoms with van der Waals surface area (Å²) in [6.45, 7) is 3.07. The van der Waals surface area contributed by atoms with Crippen molar-refractivity contribution in [2.24, 2.45) is 5.73 Å². The topological polar surface area (TPSA) is 75.4 Å². The highest BCUT2D eigenvalue weighted by Crippen LogP contribution is 2.22. The predicted octanol–water partition coefficient (Wildman–Crippen LogP) is 2.38. The van der Waals surface area contributed by atoms with Gasteiger partial charge in [0.05, 0.1) is 6.54 Å². The number of amides is 2. The lowest BCUT2D eigenvalue weighted by Gasteiger charge is -2.33. The quantitative estimate of drug-likeness (QED) is 0.847. The molecule has 2 amide bonds. The smallest absolute Gasteiger partial charge is 0.248 e. The minimum Gasteiger partial charge on any atom is -0.376 e. The second-order valence-electron chi connectivity index (χ2n) is 5.77. The normalized spacial score (nSPS) is 15.3. The zero-order valence-electron chi connectivity index (χ0n) is 13.2. The molecule has 0 unspecified atom stereocenters. The van der Waals surface area contributed by atoms with E-state index < -0.39 is 5.91 Å². The first-order valence-electron chi connectivity index (χ1n) is 8.05. The Balaban J connectivity index is 1.88. The number of hydrogen-bond acceptors (Lipinski definition) is 3. The van der Waals surface area contributed by atoms with Gasteiger partial charge >= 0.3 is 0 Å². The van der Waals surface area contributed by atoms with Gasteiger partial charge in [-0.15, -0.1) is 0 Å². The minimum atomic E-state index is -0.447. The maximum atomic E-state index is 12.4. The Morgan fingerprint density at radius 3 is 2.36 bits per heavy atom. The third kappa shape index (κ3) is 4.23. The van der Waals surface area contributed by atoms with E-state index in [2.05, 4.69) is 5.32 Å². The van der Waals surface area contributed by atoms with Gasteiger partial charge in [0.1, 0.15) is 0 Å². The molecule has 1 saturated carbocycles. The predicted molar refractivity (Wildman–Crippen MR) is 87.7 cm³/mol. The molecule has 0 atom stereocenters. The Morgan fingerprint density at radius 1 is 1.18 bits per heavy atom. The van der Waals surface area contributed by atoms with Gasteiger partial charge in [-0.25, -0.2) is 0 Å². The van der Waals surface area contributed by atoms with Crippen LogP contribution in [-0.2, 0) is 4.79 Å². The molecule has 0 aromatic heterocycles. The number of carbonyl (C=O) groups excluding carboxylic acids is 2. The number of hydrogen-bond donors (Lipinski definition) is 2. The van der Waals surface area contributed by atoms with E-state index >= 15 is 0 Å². The Labute approximate surface area is 131 Å². The minimum absolute atomic E-state index is 0.133. The molecule has 0 bridgehead atoms. The summed E-state index contributed by atoms with van der Waals surface area (Å²) < 4.78 is 0. The fourth-order valence-electron chi connectivity index (χ4n) is 3.06. The Bertz CT molecular complexity index is 507. The first-order chi connectivity index (χ1) is 10.6. The Morgan fingerprint density at radius 2 is 1.82 bits per heavy atom. The summed E-state index contributed by atoms with van der Waals surface area (Å²) in [4.78, 5) is 25.4. The zero-order valence-corrected chi connectivity index (χ0v) is 13.2. The standard InChI is InChI=1S/C17H25N3O2/c1-2-20(15-6-4-3-5-7-15)16(21)12-19-14-10-8-13(9-11-14)17(18)22/h8-11,15,19H,2-7,12H2,1H3,(H2,18,22). The highest BCUT2D eigenvalue weighted by atomic mass is 16.2. The van der Waals surface area contributed by atoms with E-state index in [9.17, 15) is 9.59 Å². The summed E-state index contributed by atoms with van der Waals surface area (Å²) in [5, 5.41) is 3.12. The van der Waals surface area contributed by atoms with Gasteiger partial charge in [-0.1, -0.05) is 19.3 Å². The average molecular weight is 303 g/mol. The third-order valence-electron chi connectivity index (χ3n) is 4.29. The van der Waals surface area contributed by atoms with Gasteiger partial charge in [0.2, 0.25) is 11.8 Å². The summed E-state index contributed by atoms with van der Waals surface area (Å²) in [7, 11) is 0. The highest BCUT2D eigenvalue weighted by Gasteiger charge is 2.23. The van der Waals surface area contributed by atoms with Gasteiger partial charge in [0.25, 0.3) is 0 Å². The SMILES string of the molecule is CCN(C(=O)CNc1ccc(C(N)=O)cc1)C1CCCCC1. The molecule has 1 aliphatic carbocycles. The van der Waals surface area contributed by atoms with E-state index in [1.54, 1.807) is 24.3 Å². The molecule has 22 heavy (non-hydrogen) atoms. The fourth-order valence-corrected chi connectivity index (χ4v) is 3.06. The van der Waals surface area contributed by atoms with Gasteiger partial charge in [0, 0.05) is 23.8 Å². The number of benzene rings is 1. The molecule has 3 N–H and O–H groups in total. The summed E-state index contributed by atoms with van der Waals surface area (Å²) in [5.74, 6) is -0.314. The van der Waals surface area contributed by atoms with Gasteiger partial charge in [-0.05, 0) is 44.0 Å². The molecule has 120 valence electrons. The van der Waals surface area contributed by atoms with Crippen LogP contribution in [0.5, 0.6) is 0 Å². The van der Waals surface area contributed by atoms with E-state index in [1.165, 1.54) is 19.3 Å². The van der Waals surface area contributed by atoms with Crippen LogP contribution in [0.3, 0.4) is 0 Å². The molecule has 5 heteroatoms. The van der Waals surface area contributed by atoms with Crippen LogP contribution in [0.15, 0.2) is 24.3 Å². The number of anilines is 1. The van der Waals surface area contributed by atoms with Crippen molar-refractivity contribution in [3.8, 4) is 0 Å². The molecule has 0 heterocycles. The van der Waals surface area contributed by atoms with E-state index in [0.717, 1.165) is 25.1 Å². The fraction of sp³-hybridized carbons (Fsp3) is 0.529. The molecule has 5 nitrogen and oxygen atoms in total. The van der Waals surface area contributed by atoms with Crippen molar-refractivity contribution in [1.82, 2.24) is 4.90 Å². The van der Waals surface area contributed by atoms with Crippen molar-refractivity contribution in [3.63, 3.8) is 0 Å². The Hall–Kier alpha value is -2.04. The lowest BCUT2D eigenvalue weighted by molar-refractivity contribution is -0.132. The summed E-state index contributed by atoms with van der Waals surface area (Å²) in [5.41, 5.74) is 6.49. The summed E-state index contributed by atoms with van der Waals surface area (Å²) in [6, 6.07) is 7.25. The van der Waals surface area contributed by atoms with Crippen LogP contribution < -0.4 is 11.1 Å². The average Bonchev–Trinajstić information content (AvgIpc) is 2.55. The maximum Gasteiger partial charge on any atom is 0.248 e. The van der Waals surface area contributed by atoms with Gasteiger partial charge < -0.3 is 16.0 Å². The molecule has 0 spiro atoms. The third-order valence-corrected chi connectivity index (χ3v) is 4.29. The molecule has 1 aromatic carbocycles. The number of primary amides is 1. The van der Waals surface area contributed by atoms with Crippen LogP contribution in [-0.4, -0.2) is 35.8 Å². The molecule has 0 radical (unpaired) electrons. The summed E-state index contributed by atoms with van der Waals surface area (Å²) >= 11 is 0. The monoisotopic (exact) mass is 303 g/mol. The number of nitrogens with two attached hydrogens (primary N) is 1. The number of nitrogens with one attached hydrogen (secondary N) is 1. The number of rotatable bonds is 6. The van der Waals surface area contributed by atoms with Crippen LogP contribution >= 0.6 is 0 Å². The zero-order chi connectivity index (χ0) is 15.9. The van der Waals surface area contributed by atoms with Crippen LogP contribution in [0.25, 0.3) is 0 Å². The van der Waals surface area contributed by atoms with Crippen molar-refractivity contribution in [2.75, 3.05) is 18.4 Å². The van der Waals surface area contributed by atoms with Crippen LogP contribution in [0, 0.1) is 0 Å². The molecule has 2 rings (SSSR count). The highest BCUT2D eigenvalue weighted by molar-refractivity contribution is 5.93. The van der Waals surface area contributed by atoms with Crippen molar-refractivity contribution >= 4 is 17.5 Å². The van der Waals surface area contributed by atoms with E-state index in [4.69, 9.17) is 5.73 Å². The van der Waals surface area contributed by atoms with E-state index in [-0.39, 0.29) is 12.5 Å². The van der Waals surface area contributed by atoms with Crippen LogP contribution in [0.1, 0.15) is 49.4 Å². The van der Waals surface area contributed by atoms with Gasteiger partial charge in [0.15, 0.2) is 0 Å². The summed E-state index contributed by atoms with van der Waals surface area (Å²) in [6.07, 6.45) is 5.96. The van der Waals surface area contributed by atoms with Crippen molar-refractivity contribution in [3.05, 3.63) is 29.8 Å². The second kappa shape index (κ2) is 7.82. The van der Waals surface area contributed by atoms with Crippen LogP contribution in [0.2, 0.25) is 0 Å².